The Morgan fingerprint density at radius 3 is 2.57 bits per heavy atom. The van der Waals surface area contributed by atoms with Crippen molar-refractivity contribution in [2.75, 3.05) is 4.72 Å². The van der Waals surface area contributed by atoms with Crippen molar-refractivity contribution in [2.45, 2.75) is 25.5 Å². The van der Waals surface area contributed by atoms with Crippen LogP contribution >= 0.6 is 0 Å². The van der Waals surface area contributed by atoms with Crippen LogP contribution in [-0.2, 0) is 11.4 Å². The zero-order valence-corrected chi connectivity index (χ0v) is 14.0. The number of hydrogen-bond donors (Lipinski definition) is 1. The van der Waals surface area contributed by atoms with Gasteiger partial charge in [0.05, 0.1) is 28.8 Å². The van der Waals surface area contributed by atoms with Gasteiger partial charge < -0.3 is 4.55 Å². The lowest BCUT2D eigenvalue weighted by Gasteiger charge is -2.24. The number of nitrogens with zero attached hydrogens (tertiary/aromatic N) is 2. The number of nitrogens with one attached hydrogen (secondary N) is 1. The first-order valence-electron chi connectivity index (χ1n) is 7.28. The maximum Gasteiger partial charge on any atom is 0.148 e. The van der Waals surface area contributed by atoms with Crippen molar-refractivity contribution in [1.82, 2.24) is 9.78 Å². The summed E-state index contributed by atoms with van der Waals surface area (Å²) in [5.41, 5.74) is 1.86. The van der Waals surface area contributed by atoms with E-state index < -0.39 is 11.4 Å². The zero-order valence-electron chi connectivity index (χ0n) is 13.2. The van der Waals surface area contributed by atoms with Gasteiger partial charge in [0, 0.05) is 5.39 Å². The van der Waals surface area contributed by atoms with Gasteiger partial charge in [-0.25, -0.2) is 13.8 Å². The summed E-state index contributed by atoms with van der Waals surface area (Å²) in [5.74, 6) is -0.339. The summed E-state index contributed by atoms with van der Waals surface area (Å²) in [4.78, 5) is 0. The lowest BCUT2D eigenvalue weighted by atomic mass is 10.2. The lowest BCUT2D eigenvalue weighted by molar-refractivity contribution is 0.565. The normalized spacial score (nSPS) is 13.3. The molecule has 0 unspecified atom stereocenters. The second-order valence-electron chi connectivity index (χ2n) is 6.23. The van der Waals surface area contributed by atoms with Crippen molar-refractivity contribution < 1.29 is 8.94 Å². The lowest BCUT2D eigenvalue weighted by Crippen LogP contribution is -2.33. The van der Waals surface area contributed by atoms with E-state index in [-0.39, 0.29) is 10.6 Å². The quantitative estimate of drug-likeness (QED) is 0.737. The summed E-state index contributed by atoms with van der Waals surface area (Å²) in [6.45, 7) is 5.71. The number of benzene rings is 2. The Balaban J connectivity index is 2.06. The molecule has 1 heterocycles. The number of aromatic nitrogens is 2. The highest BCUT2D eigenvalue weighted by molar-refractivity contribution is 7.94. The molecule has 6 heteroatoms. The average molecular weight is 331 g/mol. The average Bonchev–Trinajstić information content (AvgIpc) is 2.91. The molecule has 23 heavy (non-hydrogen) atoms. The summed E-state index contributed by atoms with van der Waals surface area (Å²) in [6.07, 6.45) is 1.66. The molecule has 0 aliphatic carbocycles. The fourth-order valence-corrected chi connectivity index (χ4v) is 2.89. The van der Waals surface area contributed by atoms with E-state index >= 15 is 0 Å². The molecular weight excluding hydrogens is 313 g/mol. The van der Waals surface area contributed by atoms with E-state index in [1.807, 2.05) is 39.0 Å². The molecule has 0 amide bonds. The minimum atomic E-state index is -1.25. The molecule has 0 aliphatic rings. The molecule has 3 rings (SSSR count). The number of halogens is 1. The molecule has 0 saturated carbocycles. The van der Waals surface area contributed by atoms with E-state index in [2.05, 4.69) is 9.82 Å². The molecule has 3 aromatic rings. The number of rotatable bonds is 3. The third-order valence-corrected chi connectivity index (χ3v) is 4.97. The van der Waals surface area contributed by atoms with Crippen LogP contribution in [0.1, 0.15) is 20.8 Å². The van der Waals surface area contributed by atoms with Crippen LogP contribution in [0, 0.1) is 5.82 Å². The van der Waals surface area contributed by atoms with E-state index in [0.29, 0.717) is 5.69 Å². The van der Waals surface area contributed by atoms with Gasteiger partial charge in [-0.1, -0.05) is 18.2 Å². The predicted octanol–water partition coefficient (Wildman–Crippen LogP) is 4.04. The molecule has 120 valence electrons. The van der Waals surface area contributed by atoms with E-state index in [4.69, 9.17) is 0 Å². The van der Waals surface area contributed by atoms with Crippen molar-refractivity contribution in [1.29, 1.82) is 0 Å². The second-order valence-corrected chi connectivity index (χ2v) is 8.20. The van der Waals surface area contributed by atoms with E-state index in [0.717, 1.165) is 16.6 Å². The van der Waals surface area contributed by atoms with Gasteiger partial charge in [-0.15, -0.1) is 0 Å². The maximum absolute atomic E-state index is 14.0. The Morgan fingerprint density at radius 1 is 1.13 bits per heavy atom. The highest BCUT2D eigenvalue weighted by Gasteiger charge is 2.27. The topological polar surface area (TPSA) is 52.9 Å². The largest absolute Gasteiger partial charge is 0.593 e. The molecular formula is C17H18FN3OS. The first-order valence-corrected chi connectivity index (χ1v) is 8.43. The summed E-state index contributed by atoms with van der Waals surface area (Å²) in [7, 11) is 0. The fourth-order valence-electron chi connectivity index (χ4n) is 2.21. The second kappa shape index (κ2) is 5.86. The Bertz CT molecular complexity index is 841. The molecule has 1 aromatic heterocycles. The van der Waals surface area contributed by atoms with Crippen molar-refractivity contribution >= 4 is 28.0 Å². The predicted molar refractivity (Wildman–Crippen MR) is 92.5 cm³/mol. The van der Waals surface area contributed by atoms with Gasteiger partial charge in [0.25, 0.3) is 0 Å². The maximum atomic E-state index is 14.0. The first kappa shape index (κ1) is 15.8. The molecule has 0 spiro atoms. The Kier molecular flexibility index (Phi) is 4.04. The van der Waals surface area contributed by atoms with Gasteiger partial charge in [-0.05, 0) is 45.0 Å². The summed E-state index contributed by atoms with van der Waals surface area (Å²) in [6, 6.07) is 12.0. The molecule has 4 nitrogen and oxygen atoms in total. The van der Waals surface area contributed by atoms with Crippen molar-refractivity contribution in [3.8, 4) is 5.69 Å². The minimum Gasteiger partial charge on any atom is -0.593 e. The highest BCUT2D eigenvalue weighted by Crippen LogP contribution is 2.28. The highest BCUT2D eigenvalue weighted by atomic mass is 32.2. The van der Waals surface area contributed by atoms with Crippen LogP contribution in [0.2, 0.25) is 0 Å². The number of anilines is 1. The van der Waals surface area contributed by atoms with Crippen molar-refractivity contribution in [2.24, 2.45) is 0 Å². The van der Waals surface area contributed by atoms with Gasteiger partial charge in [-0.3, -0.25) is 0 Å². The smallest absolute Gasteiger partial charge is 0.148 e. The van der Waals surface area contributed by atoms with Gasteiger partial charge >= 0.3 is 0 Å². The number of para-hydroxylation sites is 1. The molecule has 0 aliphatic heterocycles. The van der Waals surface area contributed by atoms with E-state index in [9.17, 15) is 8.94 Å². The minimum absolute atomic E-state index is 0.339. The van der Waals surface area contributed by atoms with Crippen LogP contribution in [-0.4, -0.2) is 19.1 Å². The monoisotopic (exact) mass is 331 g/mol. The van der Waals surface area contributed by atoms with Crippen molar-refractivity contribution in [3.05, 3.63) is 54.5 Å². The van der Waals surface area contributed by atoms with Gasteiger partial charge in [0.2, 0.25) is 0 Å². The Labute approximate surface area is 137 Å². The van der Waals surface area contributed by atoms with Crippen LogP contribution in [0.3, 0.4) is 0 Å². The number of fused-ring (bicyclic) bond motifs is 1. The van der Waals surface area contributed by atoms with Crippen LogP contribution in [0.15, 0.2) is 48.7 Å². The van der Waals surface area contributed by atoms with Crippen LogP contribution < -0.4 is 4.72 Å². The standard InChI is InChI=1S/C17H18FN3OS/c1-17(2,3)23(22)20-14-8-6-10-15-12(14)11-19-21(15)16-9-5-4-7-13(16)18/h4-11,20H,1-3H3/t23-/m0/s1. The van der Waals surface area contributed by atoms with Gasteiger partial charge in [0.15, 0.2) is 0 Å². The van der Waals surface area contributed by atoms with Crippen LogP contribution in [0.25, 0.3) is 16.6 Å². The first-order chi connectivity index (χ1) is 10.9. The van der Waals surface area contributed by atoms with Crippen LogP contribution in [0.4, 0.5) is 10.1 Å². The molecule has 0 bridgehead atoms. The van der Waals surface area contributed by atoms with Crippen LogP contribution in [0.5, 0.6) is 0 Å². The van der Waals surface area contributed by atoms with E-state index in [1.165, 1.54) is 6.07 Å². The van der Waals surface area contributed by atoms with E-state index in [1.54, 1.807) is 29.1 Å². The molecule has 2 aromatic carbocycles. The van der Waals surface area contributed by atoms with Crippen molar-refractivity contribution in [3.63, 3.8) is 0 Å². The SMILES string of the molecule is CC(C)(C)[S@+]([O-])Nc1cccc2c1cnn2-c1ccccc1F. The Hall–Kier alpha value is -2.05. The summed E-state index contributed by atoms with van der Waals surface area (Å²) in [5, 5.41) is 5.09. The zero-order chi connectivity index (χ0) is 16.6. The Morgan fingerprint density at radius 2 is 1.87 bits per heavy atom. The summed E-state index contributed by atoms with van der Waals surface area (Å²) >= 11 is -1.25. The van der Waals surface area contributed by atoms with Gasteiger partial charge in [0.1, 0.15) is 16.3 Å². The fraction of sp³-hybridized carbons (Fsp3) is 0.235. The molecule has 0 radical (unpaired) electrons. The third kappa shape index (κ3) is 3.04. The molecule has 1 N–H and O–H groups in total. The summed E-state index contributed by atoms with van der Waals surface area (Å²) < 4.78 is 30.5. The molecule has 1 atom stereocenters. The molecule has 0 saturated heterocycles. The number of hydrogen-bond acceptors (Lipinski definition) is 3. The molecule has 0 fully saturated rings. The van der Waals surface area contributed by atoms with Gasteiger partial charge in [-0.2, -0.15) is 5.10 Å². The third-order valence-electron chi connectivity index (χ3n) is 3.45.